The fraction of sp³-hybridized carbons (Fsp3) is 0.343. The maximum Gasteiger partial charge on any atom is 0.410 e. The summed E-state index contributed by atoms with van der Waals surface area (Å²) < 4.78 is 13.4. The highest BCUT2D eigenvalue weighted by atomic mass is 16.6. The molecule has 0 saturated carbocycles. The first-order chi connectivity index (χ1) is 22.5. The van der Waals surface area contributed by atoms with E-state index in [1.165, 1.54) is 0 Å². The molecular weight excluding hydrogens is 582 g/mol. The molecule has 2 aromatic heterocycles. The van der Waals surface area contributed by atoms with Crippen LogP contribution in [-0.4, -0.2) is 87.8 Å². The topological polar surface area (TPSA) is 106 Å². The van der Waals surface area contributed by atoms with Gasteiger partial charge in [-0.25, -0.2) is 9.78 Å². The Morgan fingerprint density at radius 3 is 2.41 bits per heavy atom. The minimum Gasteiger partial charge on any atom is -0.462 e. The zero-order valence-corrected chi connectivity index (χ0v) is 26.1. The van der Waals surface area contributed by atoms with Crippen molar-refractivity contribution < 1.29 is 14.3 Å². The SMILES string of the molecule is Cc1nc2c(N3CCN(C(=O)OCc4ccccc4)CC3)nc(OCC3CCCN3C)nc2c(=O)n1-c1cccc2ccccc12. The van der Waals surface area contributed by atoms with Crippen molar-refractivity contribution in [3.63, 3.8) is 0 Å². The predicted molar refractivity (Wildman–Crippen MR) is 177 cm³/mol. The zero-order chi connectivity index (χ0) is 31.6. The maximum atomic E-state index is 14.3. The molecule has 2 aliphatic heterocycles. The number of likely N-dealkylation sites (N-methyl/N-ethyl adjacent to an activating group) is 1. The van der Waals surface area contributed by atoms with Crippen LogP contribution in [0.1, 0.15) is 24.2 Å². The molecule has 4 heterocycles. The molecule has 0 aliphatic carbocycles. The molecule has 2 fully saturated rings. The van der Waals surface area contributed by atoms with Crippen molar-refractivity contribution in [3.8, 4) is 11.7 Å². The van der Waals surface area contributed by atoms with E-state index >= 15 is 0 Å². The first-order valence-corrected chi connectivity index (χ1v) is 15.8. The molecule has 0 radical (unpaired) electrons. The summed E-state index contributed by atoms with van der Waals surface area (Å²) in [4.78, 5) is 47.6. The van der Waals surface area contributed by atoms with E-state index in [4.69, 9.17) is 19.4 Å². The Labute approximate surface area is 267 Å². The number of amides is 1. The molecule has 5 aromatic rings. The Kier molecular flexibility index (Phi) is 8.23. The summed E-state index contributed by atoms with van der Waals surface area (Å²) in [6, 6.07) is 23.9. The lowest BCUT2D eigenvalue weighted by Gasteiger charge is -2.35. The van der Waals surface area contributed by atoms with Crippen LogP contribution >= 0.6 is 0 Å². The smallest absolute Gasteiger partial charge is 0.410 e. The summed E-state index contributed by atoms with van der Waals surface area (Å²) in [5.74, 6) is 1.06. The van der Waals surface area contributed by atoms with Crippen LogP contribution in [0.3, 0.4) is 0 Å². The Morgan fingerprint density at radius 2 is 1.63 bits per heavy atom. The number of rotatable bonds is 7. The van der Waals surface area contributed by atoms with E-state index in [0.29, 0.717) is 49.9 Å². The number of hydrogen-bond acceptors (Lipinski definition) is 9. The van der Waals surface area contributed by atoms with Crippen LogP contribution in [0.15, 0.2) is 77.6 Å². The zero-order valence-electron chi connectivity index (χ0n) is 26.1. The Bertz CT molecular complexity index is 1930. The van der Waals surface area contributed by atoms with Gasteiger partial charge >= 0.3 is 12.1 Å². The van der Waals surface area contributed by atoms with E-state index in [0.717, 1.165) is 41.4 Å². The summed E-state index contributed by atoms with van der Waals surface area (Å²) >= 11 is 0. The number of benzene rings is 3. The van der Waals surface area contributed by atoms with Gasteiger partial charge in [0.05, 0.1) is 5.69 Å². The van der Waals surface area contributed by atoms with Gasteiger partial charge in [0.1, 0.15) is 24.6 Å². The van der Waals surface area contributed by atoms with Crippen molar-refractivity contribution in [2.45, 2.75) is 32.4 Å². The van der Waals surface area contributed by atoms with Gasteiger partial charge in [0.2, 0.25) is 0 Å². The van der Waals surface area contributed by atoms with Gasteiger partial charge in [0.25, 0.3) is 5.56 Å². The maximum absolute atomic E-state index is 14.3. The van der Waals surface area contributed by atoms with Crippen LogP contribution < -0.4 is 15.2 Å². The molecular formula is C35H37N7O4. The highest BCUT2D eigenvalue weighted by Crippen LogP contribution is 2.28. The average Bonchev–Trinajstić information content (AvgIpc) is 3.51. The van der Waals surface area contributed by atoms with Crippen molar-refractivity contribution in [3.05, 3.63) is 94.5 Å². The highest BCUT2D eigenvalue weighted by Gasteiger charge is 2.28. The quantitative estimate of drug-likeness (QED) is 0.259. The third-order valence-electron chi connectivity index (χ3n) is 8.97. The molecule has 1 atom stereocenters. The second-order valence-electron chi connectivity index (χ2n) is 11.9. The van der Waals surface area contributed by atoms with Crippen LogP contribution in [0, 0.1) is 6.92 Å². The summed E-state index contributed by atoms with van der Waals surface area (Å²) in [7, 11) is 2.09. The number of aryl methyl sites for hydroxylation is 1. The third-order valence-corrected chi connectivity index (χ3v) is 8.97. The molecule has 3 aromatic carbocycles. The van der Waals surface area contributed by atoms with Crippen molar-refractivity contribution in [2.24, 2.45) is 0 Å². The van der Waals surface area contributed by atoms with Crippen molar-refractivity contribution in [1.29, 1.82) is 0 Å². The molecule has 0 bridgehead atoms. The molecule has 7 rings (SSSR count). The fourth-order valence-electron chi connectivity index (χ4n) is 6.38. The van der Waals surface area contributed by atoms with E-state index in [1.807, 2.05) is 84.6 Å². The highest BCUT2D eigenvalue weighted by molar-refractivity contribution is 5.91. The van der Waals surface area contributed by atoms with Gasteiger partial charge in [0.15, 0.2) is 11.3 Å². The summed E-state index contributed by atoms with van der Waals surface area (Å²) in [6.07, 6.45) is 1.80. The first-order valence-electron chi connectivity index (χ1n) is 15.8. The second kappa shape index (κ2) is 12.8. The number of ether oxygens (including phenoxy) is 2. The van der Waals surface area contributed by atoms with Crippen LogP contribution in [0.25, 0.3) is 27.5 Å². The van der Waals surface area contributed by atoms with E-state index in [9.17, 15) is 9.59 Å². The number of likely N-dealkylation sites (tertiary alicyclic amines) is 1. The van der Waals surface area contributed by atoms with E-state index < -0.39 is 0 Å². The van der Waals surface area contributed by atoms with Gasteiger partial charge in [-0.3, -0.25) is 9.36 Å². The molecule has 11 nitrogen and oxygen atoms in total. The van der Waals surface area contributed by atoms with Gasteiger partial charge < -0.3 is 24.2 Å². The van der Waals surface area contributed by atoms with Gasteiger partial charge in [-0.05, 0) is 50.4 Å². The molecule has 236 valence electrons. The molecule has 2 aliphatic rings. The lowest BCUT2D eigenvalue weighted by atomic mass is 10.1. The van der Waals surface area contributed by atoms with Gasteiger partial charge in [0, 0.05) is 37.6 Å². The van der Waals surface area contributed by atoms with Crippen molar-refractivity contribution in [2.75, 3.05) is 51.3 Å². The molecule has 11 heteroatoms. The summed E-state index contributed by atoms with van der Waals surface area (Å²) in [6.45, 7) is 5.36. The second-order valence-corrected chi connectivity index (χ2v) is 11.9. The summed E-state index contributed by atoms with van der Waals surface area (Å²) in [5, 5.41) is 1.97. The van der Waals surface area contributed by atoms with E-state index in [1.54, 1.807) is 9.47 Å². The van der Waals surface area contributed by atoms with Gasteiger partial charge in [-0.1, -0.05) is 66.7 Å². The summed E-state index contributed by atoms with van der Waals surface area (Å²) in [5.41, 5.74) is 2.02. The number of aromatic nitrogens is 4. The van der Waals surface area contributed by atoms with Gasteiger partial charge in [-0.15, -0.1) is 0 Å². The van der Waals surface area contributed by atoms with Crippen LogP contribution in [0.4, 0.5) is 10.6 Å². The molecule has 0 spiro atoms. The number of fused-ring (bicyclic) bond motifs is 2. The third kappa shape index (κ3) is 5.85. The van der Waals surface area contributed by atoms with E-state index in [2.05, 4.69) is 16.9 Å². The van der Waals surface area contributed by atoms with Gasteiger partial charge in [-0.2, -0.15) is 9.97 Å². The number of anilines is 1. The largest absolute Gasteiger partial charge is 0.462 e. The minimum absolute atomic E-state index is 0.153. The Morgan fingerprint density at radius 1 is 0.870 bits per heavy atom. The van der Waals surface area contributed by atoms with Crippen LogP contribution in [0.2, 0.25) is 0 Å². The number of carbonyl (C=O) groups excluding carboxylic acids is 1. The normalized spacial score (nSPS) is 17.1. The Hall–Kier alpha value is -5.03. The number of piperazine rings is 1. The minimum atomic E-state index is -0.354. The molecule has 0 N–H and O–H groups in total. The van der Waals surface area contributed by atoms with E-state index in [-0.39, 0.29) is 35.8 Å². The number of hydrogen-bond donors (Lipinski definition) is 0. The Balaban J connectivity index is 1.21. The van der Waals surface area contributed by atoms with Crippen LogP contribution in [0.5, 0.6) is 6.01 Å². The molecule has 1 unspecified atom stereocenters. The molecule has 46 heavy (non-hydrogen) atoms. The number of carbonyl (C=O) groups is 1. The number of nitrogens with zero attached hydrogens (tertiary/aromatic N) is 7. The monoisotopic (exact) mass is 619 g/mol. The standard InChI is InChI=1S/C35H37N7O4/c1-24-36-30-31(33(43)42(24)29-16-8-13-26-12-6-7-15-28(26)29)37-34(45-23-27-14-9-17-39(27)2)38-32(30)40-18-20-41(21-19-40)35(44)46-22-25-10-4-3-5-11-25/h3-8,10-13,15-16,27H,9,14,17-23H2,1-2H3. The average molecular weight is 620 g/mol. The van der Waals surface area contributed by atoms with Crippen molar-refractivity contribution in [1.82, 2.24) is 29.3 Å². The fourth-order valence-corrected chi connectivity index (χ4v) is 6.38. The molecule has 1 amide bonds. The van der Waals surface area contributed by atoms with Crippen molar-refractivity contribution >= 4 is 33.7 Å². The first kappa shape index (κ1) is 29.7. The molecule has 2 saturated heterocycles. The van der Waals surface area contributed by atoms with Crippen LogP contribution in [-0.2, 0) is 11.3 Å². The lowest BCUT2D eigenvalue weighted by molar-refractivity contribution is 0.0941. The lowest BCUT2D eigenvalue weighted by Crippen LogP contribution is -2.49. The predicted octanol–water partition coefficient (Wildman–Crippen LogP) is 4.57.